The predicted molar refractivity (Wildman–Crippen MR) is 87.3 cm³/mol. The minimum Gasteiger partial charge on any atom is -0.330 e. The summed E-state index contributed by atoms with van der Waals surface area (Å²) in [5.41, 5.74) is 0.867. The van der Waals surface area contributed by atoms with Crippen molar-refractivity contribution in [2.45, 2.75) is 13.0 Å². The fraction of sp³-hybridized carbons (Fsp3) is 0.111. The Hall–Kier alpha value is -3.62. The van der Waals surface area contributed by atoms with Crippen molar-refractivity contribution in [3.63, 3.8) is 0 Å². The molecule has 4 rings (SSSR count). The van der Waals surface area contributed by atoms with Gasteiger partial charge in [-0.2, -0.15) is 0 Å². The second kappa shape index (κ2) is 6.27. The molecule has 9 heteroatoms. The van der Waals surface area contributed by atoms with Crippen molar-refractivity contribution in [1.29, 1.82) is 0 Å². The molecule has 1 aliphatic rings. The highest BCUT2D eigenvalue weighted by atomic mass is 19.2. The number of fused-ring (bicyclic) bond motifs is 2. The van der Waals surface area contributed by atoms with Crippen molar-refractivity contribution in [3.8, 4) is 0 Å². The second-order valence-electron chi connectivity index (χ2n) is 5.86. The number of hydrogen-bond acceptors (Lipinski definition) is 5. The zero-order chi connectivity index (χ0) is 19.1. The summed E-state index contributed by atoms with van der Waals surface area (Å²) in [5.74, 6) is -4.30. The van der Waals surface area contributed by atoms with Crippen molar-refractivity contribution in [2.75, 3.05) is 0 Å². The Morgan fingerprint density at radius 2 is 1.67 bits per heavy atom. The van der Waals surface area contributed by atoms with E-state index in [9.17, 15) is 23.2 Å². The number of halogens is 2. The predicted octanol–water partition coefficient (Wildman–Crippen LogP) is 2.46. The second-order valence-corrected chi connectivity index (χ2v) is 5.86. The first-order valence-corrected chi connectivity index (χ1v) is 7.94. The van der Waals surface area contributed by atoms with Gasteiger partial charge in [0, 0.05) is 18.7 Å². The van der Waals surface area contributed by atoms with E-state index in [0.29, 0.717) is 10.6 Å². The van der Waals surface area contributed by atoms with Gasteiger partial charge in [0.25, 0.3) is 11.8 Å². The van der Waals surface area contributed by atoms with E-state index < -0.39 is 29.4 Å². The van der Waals surface area contributed by atoms with Gasteiger partial charge in [-0.05, 0) is 12.1 Å². The molecule has 2 amide bonds. The molecule has 3 aromatic rings. The summed E-state index contributed by atoms with van der Waals surface area (Å²) in [6, 6.07) is 8.07. The van der Waals surface area contributed by atoms with Crippen LogP contribution in [-0.4, -0.2) is 32.4 Å². The normalized spacial score (nSPS) is 13.3. The molecule has 136 valence electrons. The monoisotopic (exact) mass is 371 g/mol. The summed E-state index contributed by atoms with van der Waals surface area (Å²) in [5, 5.41) is 0.425. The van der Waals surface area contributed by atoms with Gasteiger partial charge in [0.05, 0.1) is 34.9 Å². The third-order valence-corrected chi connectivity index (χ3v) is 4.17. The number of nitrogens with zero attached hydrogens (tertiary/aromatic N) is 3. The van der Waals surface area contributed by atoms with E-state index in [1.165, 1.54) is 23.0 Å². The van der Waals surface area contributed by atoms with Crippen molar-refractivity contribution in [3.05, 3.63) is 65.5 Å². The number of rotatable bonds is 4. The molecule has 1 aliphatic heterocycles. The molecule has 7 nitrogen and oxygen atoms in total. The van der Waals surface area contributed by atoms with Crippen LogP contribution in [0.1, 0.15) is 27.1 Å². The molecule has 27 heavy (non-hydrogen) atoms. The minimum absolute atomic E-state index is 0.0452. The molecular weight excluding hydrogens is 360 g/mol. The molecule has 2 heterocycles. The fourth-order valence-electron chi connectivity index (χ4n) is 2.84. The van der Waals surface area contributed by atoms with E-state index in [2.05, 4.69) is 4.98 Å². The van der Waals surface area contributed by atoms with Crippen LogP contribution in [0.15, 0.2) is 42.7 Å². The maximum absolute atomic E-state index is 13.4. The number of hydrogen-bond donors (Lipinski definition) is 0. The zero-order valence-corrected chi connectivity index (χ0v) is 13.7. The van der Waals surface area contributed by atoms with E-state index in [1.807, 2.05) is 0 Å². The van der Waals surface area contributed by atoms with Gasteiger partial charge in [0.15, 0.2) is 11.6 Å². The van der Waals surface area contributed by atoms with Gasteiger partial charge in [-0.1, -0.05) is 17.2 Å². The van der Waals surface area contributed by atoms with Crippen molar-refractivity contribution in [2.24, 2.45) is 0 Å². The third kappa shape index (κ3) is 2.82. The van der Waals surface area contributed by atoms with Crippen LogP contribution in [0.3, 0.4) is 0 Å². The Kier molecular flexibility index (Phi) is 3.91. The number of benzene rings is 2. The quantitative estimate of drug-likeness (QED) is 0.658. The Labute approximate surface area is 150 Å². The smallest absolute Gasteiger partial charge is 0.330 e. The number of carbonyl (C=O) groups excluding carboxylic acids is 3. The molecule has 1 aromatic heterocycles. The first kappa shape index (κ1) is 16.8. The number of carbonyl (C=O) groups is 3. The maximum atomic E-state index is 13.4. The first-order valence-electron chi connectivity index (χ1n) is 7.94. The van der Waals surface area contributed by atoms with E-state index >= 15 is 0 Å². The van der Waals surface area contributed by atoms with Gasteiger partial charge < -0.3 is 9.40 Å². The lowest BCUT2D eigenvalue weighted by atomic mass is 10.1. The number of aromatic nitrogens is 2. The lowest BCUT2D eigenvalue weighted by Crippen LogP contribution is -2.32. The highest BCUT2D eigenvalue weighted by molar-refractivity contribution is 6.20. The summed E-state index contributed by atoms with van der Waals surface area (Å²) in [6.45, 7) is 0.0452. The van der Waals surface area contributed by atoms with Gasteiger partial charge in [-0.15, -0.1) is 0 Å². The van der Waals surface area contributed by atoms with Crippen LogP contribution in [0.4, 0.5) is 8.78 Å². The topological polar surface area (TPSA) is 81.5 Å². The molecule has 0 saturated heterocycles. The van der Waals surface area contributed by atoms with Gasteiger partial charge >= 0.3 is 5.97 Å². The summed E-state index contributed by atoms with van der Waals surface area (Å²) >= 11 is 0. The largest absolute Gasteiger partial charge is 0.335 e. The summed E-state index contributed by atoms with van der Waals surface area (Å²) < 4.78 is 28.1. The van der Waals surface area contributed by atoms with Crippen LogP contribution in [0, 0.1) is 11.6 Å². The van der Waals surface area contributed by atoms with Crippen molar-refractivity contribution >= 4 is 28.8 Å². The highest BCUT2D eigenvalue weighted by Gasteiger charge is 2.38. The van der Waals surface area contributed by atoms with Crippen molar-refractivity contribution in [1.82, 2.24) is 14.6 Å². The molecule has 2 aromatic carbocycles. The van der Waals surface area contributed by atoms with Crippen LogP contribution in [0.5, 0.6) is 0 Å². The number of amides is 2. The average molecular weight is 371 g/mol. The lowest BCUT2D eigenvalue weighted by Gasteiger charge is -2.13. The van der Waals surface area contributed by atoms with E-state index in [1.54, 1.807) is 12.1 Å². The molecule has 0 saturated carbocycles. The van der Waals surface area contributed by atoms with Crippen LogP contribution in [0.2, 0.25) is 0 Å². The van der Waals surface area contributed by atoms with E-state index in [4.69, 9.17) is 4.84 Å². The molecule has 0 spiro atoms. The number of imide groups is 1. The van der Waals surface area contributed by atoms with E-state index in [0.717, 1.165) is 12.1 Å². The zero-order valence-electron chi connectivity index (χ0n) is 13.7. The SMILES string of the molecule is O=C(CCn1cnc2cc(F)c(F)cc21)ON1C(=O)c2ccccc2C1=O. The van der Waals surface area contributed by atoms with E-state index in [-0.39, 0.29) is 29.6 Å². The molecule has 0 unspecified atom stereocenters. The summed E-state index contributed by atoms with van der Waals surface area (Å²) in [6.07, 6.45) is 1.12. The number of imidazole rings is 1. The Bertz CT molecular complexity index is 1070. The maximum Gasteiger partial charge on any atom is 0.335 e. The standard InChI is InChI=1S/C18H11F2N3O4/c19-12-7-14-15(8-13(12)20)22(9-21-14)6-5-16(24)27-23-17(25)10-3-1-2-4-11(10)18(23)26/h1-4,7-9H,5-6H2. The van der Waals surface area contributed by atoms with Crippen LogP contribution < -0.4 is 0 Å². The molecule has 0 aliphatic carbocycles. The van der Waals surface area contributed by atoms with Gasteiger partial charge in [0.1, 0.15) is 0 Å². The van der Waals surface area contributed by atoms with Crippen LogP contribution in [0.25, 0.3) is 11.0 Å². The van der Waals surface area contributed by atoms with Crippen LogP contribution in [-0.2, 0) is 16.2 Å². The average Bonchev–Trinajstić information content (AvgIpc) is 3.15. The molecule has 0 N–H and O–H groups in total. The third-order valence-electron chi connectivity index (χ3n) is 4.17. The summed E-state index contributed by atoms with van der Waals surface area (Å²) in [4.78, 5) is 45.2. The Morgan fingerprint density at radius 1 is 1.04 bits per heavy atom. The molecular formula is C18H11F2N3O4. The lowest BCUT2D eigenvalue weighted by molar-refractivity contribution is -0.168. The first-order chi connectivity index (χ1) is 13.0. The van der Waals surface area contributed by atoms with Gasteiger partial charge in [-0.25, -0.2) is 18.6 Å². The Morgan fingerprint density at radius 3 is 2.33 bits per heavy atom. The molecule has 0 atom stereocenters. The Balaban J connectivity index is 1.45. The highest BCUT2D eigenvalue weighted by Crippen LogP contribution is 2.23. The van der Waals surface area contributed by atoms with Gasteiger partial charge in [0.2, 0.25) is 0 Å². The fourth-order valence-corrected chi connectivity index (χ4v) is 2.84. The summed E-state index contributed by atoms with van der Waals surface area (Å²) in [7, 11) is 0. The van der Waals surface area contributed by atoms with Crippen molar-refractivity contribution < 1.29 is 28.0 Å². The van der Waals surface area contributed by atoms with Gasteiger partial charge in [-0.3, -0.25) is 9.59 Å². The number of hydroxylamine groups is 2. The number of aryl methyl sites for hydroxylation is 1. The molecule has 0 bridgehead atoms. The molecule has 0 fully saturated rings. The molecule has 0 radical (unpaired) electrons. The van der Waals surface area contributed by atoms with Crippen LogP contribution >= 0.6 is 0 Å². The minimum atomic E-state index is -1.03.